The maximum absolute atomic E-state index is 10.9. The Morgan fingerprint density at radius 1 is 0.469 bits per heavy atom. The van der Waals surface area contributed by atoms with Crippen molar-refractivity contribution in [3.8, 4) is 0 Å². The van der Waals surface area contributed by atoms with Crippen molar-refractivity contribution in [2.45, 2.75) is 143 Å². The van der Waals surface area contributed by atoms with Gasteiger partial charge in [-0.3, -0.25) is 0 Å². The van der Waals surface area contributed by atoms with Crippen LogP contribution in [0.1, 0.15) is 13.8 Å². The van der Waals surface area contributed by atoms with E-state index in [0.717, 1.165) is 0 Å². The number of ether oxygens (including phenoxy) is 11. The van der Waals surface area contributed by atoms with E-state index in [2.05, 4.69) is 0 Å². The van der Waals surface area contributed by atoms with Crippen molar-refractivity contribution >= 4 is 0 Å². The molecule has 6 aliphatic heterocycles. The van der Waals surface area contributed by atoms with Gasteiger partial charge in [0, 0.05) is 0 Å². The zero-order valence-corrected chi connectivity index (χ0v) is 26.5. The van der Waals surface area contributed by atoms with Crippen LogP contribution in [0.15, 0.2) is 0 Å². The van der Waals surface area contributed by atoms with Gasteiger partial charge in [0.05, 0.1) is 33.0 Å². The van der Waals surface area contributed by atoms with Gasteiger partial charge in [0.2, 0.25) is 0 Å². The van der Waals surface area contributed by atoms with Gasteiger partial charge in [-0.05, 0) is 13.8 Å². The minimum absolute atomic E-state index is 0.352. The molecule has 0 aliphatic carbocycles. The van der Waals surface area contributed by atoms with Crippen molar-refractivity contribution < 1.29 is 103 Å². The molecular weight excluding hydrogens is 672 g/mol. The topological polar surface area (TPSA) is 304 Å². The number of rotatable bonds is 13. The van der Waals surface area contributed by atoms with Crippen LogP contribution in [0.2, 0.25) is 0 Å². The molecule has 0 bridgehead atoms. The summed E-state index contributed by atoms with van der Waals surface area (Å²) in [6.45, 7) is 0.424. The molecule has 21 nitrogen and oxygen atoms in total. The predicted molar refractivity (Wildman–Crippen MR) is 148 cm³/mol. The summed E-state index contributed by atoms with van der Waals surface area (Å²) in [6, 6.07) is 0. The number of aliphatic hydroxyl groups excluding tert-OH is 10. The van der Waals surface area contributed by atoms with Gasteiger partial charge in [0.1, 0.15) is 91.6 Å². The van der Waals surface area contributed by atoms with Crippen LogP contribution >= 0.6 is 0 Å². The molecule has 49 heavy (non-hydrogen) atoms. The molecule has 6 aliphatic rings. The summed E-state index contributed by atoms with van der Waals surface area (Å²) in [4.78, 5) is 0. The number of fused-ring (bicyclic) bond motifs is 1. The second-order valence-corrected chi connectivity index (χ2v) is 13.1. The molecule has 0 saturated carbocycles. The van der Waals surface area contributed by atoms with Gasteiger partial charge in [0.25, 0.3) is 0 Å². The summed E-state index contributed by atoms with van der Waals surface area (Å²) in [5.41, 5.74) is 0. The van der Waals surface area contributed by atoms with Crippen LogP contribution in [0.25, 0.3) is 0 Å². The second-order valence-electron chi connectivity index (χ2n) is 13.1. The Morgan fingerprint density at radius 3 is 1.39 bits per heavy atom. The van der Waals surface area contributed by atoms with Crippen LogP contribution in [0.4, 0.5) is 0 Å². The summed E-state index contributed by atoms with van der Waals surface area (Å²) < 4.78 is 63.8. The highest BCUT2D eigenvalue weighted by atomic mass is 16.9. The SMILES string of the molecule is CC1(C)O[C@@H]2O[C@H](CO[C@H]3O[C@H](CO)[C@@H](O)[C@@H]3O[C@@H]3O[C@H](CO)[C@@H](O)[C@@H]3O)[C@@H](O[C@H]3O[C@H](CO)[C@@H](O)[C@@H]3O[C@@H]3O[C@H](CO)[C@@H](O)[C@@H]3O)[C@@H]2O1. The standard InChI is InChI=1S/C28H46O21/c1-28(2)48-22-19(45-26-21(16(36)11(6-32)43-26)47-24-18(38)14(34)9(4-30)41-24)12(44-27(22)49-28)7-39-25-20(15(35)10(5-31)42-25)46-23-17(37)13(33)8(3-29)40-23/h8-27,29-38H,3-7H2,1-2H3/t8-,9-,10-,11-,12-,13-,14-,15-,16-,17+,18+,19-,20+,21+,22+,23+,24+,25+,26-,27+/m1/s1. The van der Waals surface area contributed by atoms with E-state index in [1.807, 2.05) is 0 Å². The summed E-state index contributed by atoms with van der Waals surface area (Å²) >= 11 is 0. The van der Waals surface area contributed by atoms with Crippen LogP contribution in [-0.4, -0.2) is 213 Å². The van der Waals surface area contributed by atoms with Gasteiger partial charge in [0.15, 0.2) is 37.2 Å². The monoisotopic (exact) mass is 718 g/mol. The first-order valence-corrected chi connectivity index (χ1v) is 16.0. The Hall–Kier alpha value is -0.840. The van der Waals surface area contributed by atoms with Gasteiger partial charge >= 0.3 is 0 Å². The molecule has 0 aromatic carbocycles. The molecule has 6 saturated heterocycles. The molecule has 0 unspecified atom stereocenters. The van der Waals surface area contributed by atoms with Crippen LogP contribution in [-0.2, 0) is 52.1 Å². The number of hydrogen-bond donors (Lipinski definition) is 10. The van der Waals surface area contributed by atoms with Crippen LogP contribution in [0.5, 0.6) is 0 Å². The Morgan fingerprint density at radius 2 is 0.898 bits per heavy atom. The van der Waals surface area contributed by atoms with E-state index >= 15 is 0 Å². The molecule has 20 atom stereocenters. The Balaban J connectivity index is 1.16. The molecule has 6 heterocycles. The van der Waals surface area contributed by atoms with Crippen molar-refractivity contribution in [3.63, 3.8) is 0 Å². The molecule has 6 rings (SSSR count). The van der Waals surface area contributed by atoms with Gasteiger partial charge in [-0.15, -0.1) is 0 Å². The highest BCUT2D eigenvalue weighted by Gasteiger charge is 2.59. The predicted octanol–water partition coefficient (Wildman–Crippen LogP) is -6.93. The summed E-state index contributed by atoms with van der Waals surface area (Å²) in [6.07, 6.45) is -26.4. The molecule has 6 fully saturated rings. The quantitative estimate of drug-likeness (QED) is 0.0846. The van der Waals surface area contributed by atoms with Gasteiger partial charge < -0.3 is 103 Å². The first-order valence-electron chi connectivity index (χ1n) is 16.0. The third-order valence-corrected chi connectivity index (χ3v) is 9.33. The molecule has 10 N–H and O–H groups in total. The highest BCUT2D eigenvalue weighted by Crippen LogP contribution is 2.42. The van der Waals surface area contributed by atoms with Gasteiger partial charge in [-0.2, -0.15) is 0 Å². The lowest BCUT2D eigenvalue weighted by Crippen LogP contribution is -2.48. The fourth-order valence-electron chi connectivity index (χ4n) is 6.70. The smallest absolute Gasteiger partial charge is 0.190 e. The van der Waals surface area contributed by atoms with E-state index in [1.54, 1.807) is 13.8 Å². The second kappa shape index (κ2) is 15.3. The Labute approximate surface area is 279 Å². The molecule has 0 aromatic heterocycles. The number of aliphatic hydroxyl groups is 10. The minimum atomic E-state index is -1.60. The zero-order valence-electron chi connectivity index (χ0n) is 26.5. The van der Waals surface area contributed by atoms with E-state index in [-0.39, 0.29) is 6.61 Å². The summed E-state index contributed by atoms with van der Waals surface area (Å²) in [5, 5.41) is 101. The van der Waals surface area contributed by atoms with E-state index in [1.165, 1.54) is 0 Å². The summed E-state index contributed by atoms with van der Waals surface area (Å²) in [5.74, 6) is -1.11. The van der Waals surface area contributed by atoms with E-state index < -0.39 is 155 Å². The average Bonchev–Trinajstić information content (AvgIpc) is 3.86. The number of hydrogen-bond acceptors (Lipinski definition) is 21. The molecule has 0 radical (unpaired) electrons. The average molecular weight is 719 g/mol. The van der Waals surface area contributed by atoms with Crippen molar-refractivity contribution in [3.05, 3.63) is 0 Å². The third-order valence-electron chi connectivity index (χ3n) is 9.33. The Kier molecular flexibility index (Phi) is 11.8. The van der Waals surface area contributed by atoms with Crippen molar-refractivity contribution in [1.82, 2.24) is 0 Å². The molecule has 0 spiro atoms. The van der Waals surface area contributed by atoms with Crippen molar-refractivity contribution in [2.24, 2.45) is 0 Å². The van der Waals surface area contributed by atoms with Gasteiger partial charge in [-0.25, -0.2) is 0 Å². The van der Waals surface area contributed by atoms with Gasteiger partial charge in [-0.1, -0.05) is 0 Å². The van der Waals surface area contributed by atoms with E-state index in [0.29, 0.717) is 0 Å². The molecule has 284 valence electrons. The fourth-order valence-corrected chi connectivity index (χ4v) is 6.70. The van der Waals surface area contributed by atoms with Crippen LogP contribution in [0, 0.1) is 0 Å². The lowest BCUT2D eigenvalue weighted by molar-refractivity contribution is -0.283. The maximum atomic E-state index is 10.9. The normalized spacial score (nSPS) is 52.4. The maximum Gasteiger partial charge on any atom is 0.190 e. The minimum Gasteiger partial charge on any atom is -0.394 e. The van der Waals surface area contributed by atoms with E-state index in [9.17, 15) is 51.1 Å². The van der Waals surface area contributed by atoms with Crippen LogP contribution < -0.4 is 0 Å². The lowest BCUT2D eigenvalue weighted by atomic mass is 10.1. The fraction of sp³-hybridized carbons (Fsp3) is 1.00. The summed E-state index contributed by atoms with van der Waals surface area (Å²) in [7, 11) is 0. The molecule has 21 heteroatoms. The van der Waals surface area contributed by atoms with Crippen LogP contribution in [0.3, 0.4) is 0 Å². The Bertz CT molecular complexity index is 1090. The molecular formula is C28H46O21. The van der Waals surface area contributed by atoms with Crippen molar-refractivity contribution in [1.29, 1.82) is 0 Å². The van der Waals surface area contributed by atoms with Crippen molar-refractivity contribution in [2.75, 3.05) is 33.0 Å². The zero-order chi connectivity index (χ0) is 35.4. The van der Waals surface area contributed by atoms with E-state index in [4.69, 9.17) is 52.1 Å². The lowest BCUT2D eigenvalue weighted by Gasteiger charge is -2.31. The first kappa shape index (κ1) is 37.9. The molecule has 0 aromatic rings. The third kappa shape index (κ3) is 7.38. The first-order chi connectivity index (χ1) is 23.3. The highest BCUT2D eigenvalue weighted by molar-refractivity contribution is 4.98. The largest absolute Gasteiger partial charge is 0.394 e. The molecule has 0 amide bonds.